The van der Waals surface area contributed by atoms with Gasteiger partial charge in [0, 0.05) is 31.9 Å². The van der Waals surface area contributed by atoms with Crippen molar-refractivity contribution in [3.05, 3.63) is 54.1 Å². The molecule has 150 valence electrons. The number of aryl methyl sites for hydroxylation is 1. The first kappa shape index (κ1) is 20.4. The Morgan fingerprint density at radius 1 is 1.11 bits per heavy atom. The number of rotatable bonds is 7. The van der Waals surface area contributed by atoms with Crippen LogP contribution in [0.15, 0.2) is 48.5 Å². The standard InChI is InChI=1S/C23H31N3O2/c1-18-6-4-7-20(16-18)19-9-11-21(12-10-19)24-23(27)26(14-13-25(2)3)17-22-8-5-15-28-22/h4,6-7,9-12,16,22H,5,8,13-15,17H2,1-3H3,(H,24,27)/t22-/m1/s1. The van der Waals surface area contributed by atoms with E-state index in [1.54, 1.807) is 0 Å². The molecule has 2 aromatic carbocycles. The molecule has 1 atom stereocenters. The normalized spacial score (nSPS) is 16.4. The number of likely N-dealkylation sites (N-methyl/N-ethyl adjacent to an activating group) is 1. The molecule has 0 aromatic heterocycles. The molecule has 2 aromatic rings. The first-order valence-electron chi connectivity index (χ1n) is 10.0. The lowest BCUT2D eigenvalue weighted by Gasteiger charge is -2.27. The molecule has 0 unspecified atom stereocenters. The van der Waals surface area contributed by atoms with Crippen LogP contribution in [0.3, 0.4) is 0 Å². The summed E-state index contributed by atoms with van der Waals surface area (Å²) < 4.78 is 5.73. The Kier molecular flexibility index (Phi) is 7.06. The maximum atomic E-state index is 12.9. The predicted octanol–water partition coefficient (Wildman–Crippen LogP) is 4.24. The van der Waals surface area contributed by atoms with E-state index in [-0.39, 0.29) is 12.1 Å². The lowest BCUT2D eigenvalue weighted by molar-refractivity contribution is 0.0820. The van der Waals surface area contributed by atoms with Gasteiger partial charge in [0.05, 0.1) is 6.10 Å². The molecule has 28 heavy (non-hydrogen) atoms. The average molecular weight is 382 g/mol. The minimum Gasteiger partial charge on any atom is -0.376 e. The summed E-state index contributed by atoms with van der Waals surface area (Å²) in [5.74, 6) is 0. The monoisotopic (exact) mass is 381 g/mol. The third-order valence-corrected chi connectivity index (χ3v) is 5.04. The largest absolute Gasteiger partial charge is 0.376 e. The van der Waals surface area contributed by atoms with Gasteiger partial charge in [-0.3, -0.25) is 0 Å². The minimum absolute atomic E-state index is 0.0688. The van der Waals surface area contributed by atoms with E-state index in [0.717, 1.165) is 37.2 Å². The summed E-state index contributed by atoms with van der Waals surface area (Å²) in [4.78, 5) is 16.8. The molecule has 5 nitrogen and oxygen atoms in total. The molecule has 1 aliphatic rings. The van der Waals surface area contributed by atoms with Crippen molar-refractivity contribution < 1.29 is 9.53 Å². The van der Waals surface area contributed by atoms with Crippen LogP contribution in [0, 0.1) is 6.92 Å². The summed E-state index contributed by atoms with van der Waals surface area (Å²) in [5, 5.41) is 3.04. The fourth-order valence-electron chi connectivity index (χ4n) is 3.40. The molecular formula is C23H31N3O2. The first-order valence-corrected chi connectivity index (χ1v) is 10.0. The third-order valence-electron chi connectivity index (χ3n) is 5.04. The number of anilines is 1. The zero-order valence-corrected chi connectivity index (χ0v) is 17.1. The number of urea groups is 1. The summed E-state index contributed by atoms with van der Waals surface area (Å²) >= 11 is 0. The number of nitrogens with one attached hydrogen (secondary N) is 1. The second-order valence-corrected chi connectivity index (χ2v) is 7.76. The molecule has 0 spiro atoms. The van der Waals surface area contributed by atoms with E-state index in [1.807, 2.05) is 31.1 Å². The molecule has 1 heterocycles. The number of amides is 2. The highest BCUT2D eigenvalue weighted by atomic mass is 16.5. The highest BCUT2D eigenvalue weighted by molar-refractivity contribution is 5.89. The van der Waals surface area contributed by atoms with Gasteiger partial charge in [0.2, 0.25) is 0 Å². The van der Waals surface area contributed by atoms with Crippen LogP contribution in [0.4, 0.5) is 10.5 Å². The van der Waals surface area contributed by atoms with Gasteiger partial charge in [-0.25, -0.2) is 4.79 Å². The lowest BCUT2D eigenvalue weighted by Crippen LogP contribution is -2.43. The number of benzene rings is 2. The Morgan fingerprint density at radius 3 is 2.54 bits per heavy atom. The van der Waals surface area contributed by atoms with Gasteiger partial charge in [-0.15, -0.1) is 0 Å². The second-order valence-electron chi connectivity index (χ2n) is 7.76. The van der Waals surface area contributed by atoms with Crippen molar-refractivity contribution in [1.82, 2.24) is 9.80 Å². The van der Waals surface area contributed by atoms with Gasteiger partial charge >= 0.3 is 6.03 Å². The highest BCUT2D eigenvalue weighted by Gasteiger charge is 2.22. The molecule has 2 amide bonds. The van der Waals surface area contributed by atoms with Crippen molar-refractivity contribution in [3.8, 4) is 11.1 Å². The molecule has 0 bridgehead atoms. The van der Waals surface area contributed by atoms with Gasteiger partial charge < -0.3 is 19.9 Å². The van der Waals surface area contributed by atoms with Crippen LogP contribution >= 0.6 is 0 Å². The van der Waals surface area contributed by atoms with Gasteiger partial charge in [0.15, 0.2) is 0 Å². The fourth-order valence-corrected chi connectivity index (χ4v) is 3.40. The maximum Gasteiger partial charge on any atom is 0.321 e. The van der Waals surface area contributed by atoms with E-state index < -0.39 is 0 Å². The summed E-state index contributed by atoms with van der Waals surface area (Å²) in [6.07, 6.45) is 2.25. The number of ether oxygens (including phenoxy) is 1. The van der Waals surface area contributed by atoms with Crippen LogP contribution < -0.4 is 5.32 Å². The number of hydrogen-bond donors (Lipinski definition) is 1. The average Bonchev–Trinajstić information content (AvgIpc) is 3.18. The fraction of sp³-hybridized carbons (Fsp3) is 0.435. The molecule has 0 radical (unpaired) electrons. The van der Waals surface area contributed by atoms with Crippen LogP contribution in [-0.2, 0) is 4.74 Å². The third kappa shape index (κ3) is 5.81. The molecular weight excluding hydrogens is 350 g/mol. The molecule has 5 heteroatoms. The van der Waals surface area contributed by atoms with Gasteiger partial charge in [0.25, 0.3) is 0 Å². The predicted molar refractivity (Wildman–Crippen MR) is 115 cm³/mol. The van der Waals surface area contributed by atoms with Crippen molar-refractivity contribution in [2.45, 2.75) is 25.9 Å². The van der Waals surface area contributed by atoms with Gasteiger partial charge in [0.1, 0.15) is 0 Å². The quantitative estimate of drug-likeness (QED) is 0.780. The number of carbonyl (C=O) groups excluding carboxylic acids is 1. The van der Waals surface area contributed by atoms with E-state index >= 15 is 0 Å². The minimum atomic E-state index is -0.0688. The molecule has 1 aliphatic heterocycles. The molecule has 3 rings (SSSR count). The van der Waals surface area contributed by atoms with Crippen LogP contribution in [0.1, 0.15) is 18.4 Å². The van der Waals surface area contributed by atoms with Crippen LogP contribution in [0.5, 0.6) is 0 Å². The van der Waals surface area contributed by atoms with E-state index in [0.29, 0.717) is 13.1 Å². The lowest BCUT2D eigenvalue weighted by atomic mass is 10.0. The number of hydrogen-bond acceptors (Lipinski definition) is 3. The van der Waals surface area contributed by atoms with Crippen molar-refractivity contribution >= 4 is 11.7 Å². The Bertz CT molecular complexity index is 768. The van der Waals surface area contributed by atoms with Crippen molar-refractivity contribution in [2.24, 2.45) is 0 Å². The zero-order chi connectivity index (χ0) is 19.9. The van der Waals surface area contributed by atoms with E-state index in [1.165, 1.54) is 11.1 Å². The topological polar surface area (TPSA) is 44.8 Å². The SMILES string of the molecule is Cc1cccc(-c2ccc(NC(=O)N(CCN(C)C)C[C@H]3CCCO3)cc2)c1. The Morgan fingerprint density at radius 2 is 1.89 bits per heavy atom. The Hall–Kier alpha value is -2.37. The van der Waals surface area contributed by atoms with Crippen LogP contribution in [0.2, 0.25) is 0 Å². The van der Waals surface area contributed by atoms with Crippen molar-refractivity contribution in [2.75, 3.05) is 45.7 Å². The van der Waals surface area contributed by atoms with Crippen LogP contribution in [-0.4, -0.2) is 62.3 Å². The van der Waals surface area contributed by atoms with E-state index in [2.05, 4.69) is 53.5 Å². The Labute approximate surface area is 168 Å². The first-order chi connectivity index (χ1) is 13.5. The van der Waals surface area contributed by atoms with E-state index in [4.69, 9.17) is 4.74 Å². The number of nitrogens with zero attached hydrogens (tertiary/aromatic N) is 2. The smallest absolute Gasteiger partial charge is 0.321 e. The summed E-state index contributed by atoms with van der Waals surface area (Å²) in [7, 11) is 4.04. The molecule has 1 saturated heterocycles. The second kappa shape index (κ2) is 9.71. The summed E-state index contributed by atoms with van der Waals surface area (Å²) in [6.45, 7) is 5.04. The highest BCUT2D eigenvalue weighted by Crippen LogP contribution is 2.22. The summed E-state index contributed by atoms with van der Waals surface area (Å²) in [6, 6.07) is 16.4. The van der Waals surface area contributed by atoms with Crippen molar-refractivity contribution in [1.29, 1.82) is 0 Å². The summed E-state index contributed by atoms with van der Waals surface area (Å²) in [5.41, 5.74) is 4.37. The maximum absolute atomic E-state index is 12.9. The van der Waals surface area contributed by atoms with E-state index in [9.17, 15) is 4.79 Å². The molecule has 1 N–H and O–H groups in total. The molecule has 1 fully saturated rings. The Balaban J connectivity index is 1.64. The number of carbonyl (C=O) groups is 1. The molecule has 0 aliphatic carbocycles. The van der Waals surface area contributed by atoms with Gasteiger partial charge in [-0.1, -0.05) is 42.0 Å². The van der Waals surface area contributed by atoms with Gasteiger partial charge in [-0.05, 0) is 57.1 Å². The zero-order valence-electron chi connectivity index (χ0n) is 17.1. The molecule has 0 saturated carbocycles. The van der Waals surface area contributed by atoms with Crippen LogP contribution in [0.25, 0.3) is 11.1 Å². The van der Waals surface area contributed by atoms with Gasteiger partial charge in [-0.2, -0.15) is 0 Å². The van der Waals surface area contributed by atoms with Crippen molar-refractivity contribution in [3.63, 3.8) is 0 Å².